The average Bonchev–Trinajstić information content (AvgIpc) is 2.58. The first-order valence-corrected chi connectivity index (χ1v) is 10.0. The Morgan fingerprint density at radius 1 is 1.12 bits per heavy atom. The maximum Gasteiger partial charge on any atom is 0.274 e. The molecule has 1 heterocycles. The van der Waals surface area contributed by atoms with Gasteiger partial charge in [0.15, 0.2) is 0 Å². The lowest BCUT2D eigenvalue weighted by Gasteiger charge is -2.25. The summed E-state index contributed by atoms with van der Waals surface area (Å²) in [4.78, 5) is 11.8. The number of thioether (sulfide) groups is 2. The molecule has 1 saturated heterocycles. The fourth-order valence-electron chi connectivity index (χ4n) is 2.04. The number of hydrogen-bond acceptors (Lipinski definition) is 5. The second kappa shape index (κ2) is 8.89. The lowest BCUT2D eigenvalue weighted by atomic mass is 10.2. The number of amides is 1. The molecule has 1 fully saturated rings. The van der Waals surface area contributed by atoms with Crippen molar-refractivity contribution in [3.05, 3.63) is 60.2 Å². The lowest BCUT2D eigenvalue weighted by Crippen LogP contribution is -2.30. The summed E-state index contributed by atoms with van der Waals surface area (Å²) < 4.78 is 5.76. The minimum atomic E-state index is -0.220. The molecule has 6 heteroatoms. The summed E-state index contributed by atoms with van der Waals surface area (Å²) in [6.07, 6.45) is 0.325. The van der Waals surface area contributed by atoms with Gasteiger partial charge in [-0.05, 0) is 29.8 Å². The molecule has 4 nitrogen and oxygen atoms in total. The highest BCUT2D eigenvalue weighted by molar-refractivity contribution is 8.00. The summed E-state index contributed by atoms with van der Waals surface area (Å²) in [5, 5.41) is 7.75. The highest BCUT2D eigenvalue weighted by Crippen LogP contribution is 2.25. The average molecular weight is 358 g/mol. The monoisotopic (exact) mass is 358 g/mol. The molecule has 0 atom stereocenters. The van der Waals surface area contributed by atoms with E-state index in [1.807, 2.05) is 66.4 Å². The van der Waals surface area contributed by atoms with Crippen LogP contribution in [0, 0.1) is 0 Å². The van der Waals surface area contributed by atoms with Crippen molar-refractivity contribution in [2.75, 3.05) is 17.3 Å². The van der Waals surface area contributed by atoms with Crippen molar-refractivity contribution in [2.24, 2.45) is 10.2 Å². The van der Waals surface area contributed by atoms with Crippen LogP contribution in [0.2, 0.25) is 0 Å². The molecule has 0 saturated carbocycles. The van der Waals surface area contributed by atoms with Gasteiger partial charge in [-0.1, -0.05) is 30.3 Å². The lowest BCUT2D eigenvalue weighted by molar-refractivity contribution is -0.115. The van der Waals surface area contributed by atoms with E-state index in [2.05, 4.69) is 10.2 Å². The fraction of sp³-hybridized carbons (Fsp3) is 0.278. The van der Waals surface area contributed by atoms with E-state index < -0.39 is 0 Å². The third kappa shape index (κ3) is 5.39. The molecular weight excluding hydrogens is 340 g/mol. The second-order valence-electron chi connectivity index (χ2n) is 5.34. The summed E-state index contributed by atoms with van der Waals surface area (Å²) >= 11 is 3.43. The minimum absolute atomic E-state index is 0.220. The van der Waals surface area contributed by atoms with Crippen LogP contribution in [0.15, 0.2) is 64.8 Å². The number of benzene rings is 2. The highest BCUT2D eigenvalue weighted by Gasteiger charge is 2.19. The maximum atomic E-state index is 11.8. The Morgan fingerprint density at radius 3 is 2.54 bits per heavy atom. The van der Waals surface area contributed by atoms with E-state index in [9.17, 15) is 4.79 Å². The Balaban J connectivity index is 1.41. The number of nitrogens with zero attached hydrogens (tertiary/aromatic N) is 2. The van der Waals surface area contributed by atoms with Gasteiger partial charge >= 0.3 is 0 Å². The van der Waals surface area contributed by atoms with Crippen molar-refractivity contribution in [1.29, 1.82) is 0 Å². The third-order valence-electron chi connectivity index (χ3n) is 3.36. The van der Waals surface area contributed by atoms with E-state index in [1.54, 1.807) is 11.8 Å². The number of carbonyl (C=O) groups excluding carboxylic acids is 1. The molecule has 1 amide bonds. The Bertz CT molecular complexity index is 686. The van der Waals surface area contributed by atoms with Crippen LogP contribution < -0.4 is 4.74 Å². The second-order valence-corrected chi connectivity index (χ2v) is 7.40. The van der Waals surface area contributed by atoms with Crippen molar-refractivity contribution in [3.63, 3.8) is 0 Å². The molecule has 0 bridgehead atoms. The largest absolute Gasteiger partial charge is 0.489 e. The smallest absolute Gasteiger partial charge is 0.274 e. The van der Waals surface area contributed by atoms with Crippen LogP contribution in [0.1, 0.15) is 5.56 Å². The first-order chi connectivity index (χ1) is 11.8. The third-order valence-corrected chi connectivity index (χ3v) is 5.56. The molecule has 2 aromatic carbocycles. The molecular formula is C18H18N2O2S2. The van der Waals surface area contributed by atoms with Gasteiger partial charge in [0.2, 0.25) is 0 Å². The molecule has 2 aromatic rings. The predicted octanol–water partition coefficient (Wildman–Crippen LogP) is 4.72. The molecule has 0 spiro atoms. The van der Waals surface area contributed by atoms with Gasteiger partial charge in [-0.15, -0.1) is 22.0 Å². The van der Waals surface area contributed by atoms with Crippen LogP contribution >= 0.6 is 23.5 Å². The molecule has 0 aromatic heterocycles. The fourth-order valence-corrected chi connectivity index (χ4v) is 3.37. The Hall–Kier alpha value is -1.79. The van der Waals surface area contributed by atoms with E-state index in [0.29, 0.717) is 17.5 Å². The maximum absolute atomic E-state index is 11.8. The summed E-state index contributed by atoms with van der Waals surface area (Å²) in [6.45, 7) is 0. The van der Waals surface area contributed by atoms with Crippen LogP contribution in [-0.2, 0) is 10.5 Å². The molecule has 0 unspecified atom stereocenters. The molecule has 1 aliphatic rings. The summed E-state index contributed by atoms with van der Waals surface area (Å²) in [7, 11) is 0. The quantitative estimate of drug-likeness (QED) is 0.672. The molecule has 1 aliphatic heterocycles. The number of rotatable bonds is 7. The summed E-state index contributed by atoms with van der Waals surface area (Å²) in [5.41, 5.74) is 1.86. The van der Waals surface area contributed by atoms with Crippen LogP contribution in [0.3, 0.4) is 0 Å². The number of hydrogen-bond donors (Lipinski definition) is 0. The first-order valence-electron chi connectivity index (χ1n) is 7.70. The van der Waals surface area contributed by atoms with Crippen LogP contribution in [-0.4, -0.2) is 29.3 Å². The van der Waals surface area contributed by atoms with Crippen molar-refractivity contribution < 1.29 is 9.53 Å². The van der Waals surface area contributed by atoms with Gasteiger partial charge in [-0.2, -0.15) is 11.8 Å². The zero-order valence-corrected chi connectivity index (χ0v) is 14.8. The molecule has 0 aliphatic carbocycles. The van der Waals surface area contributed by atoms with Crippen molar-refractivity contribution in [1.82, 2.24) is 0 Å². The van der Waals surface area contributed by atoms with Crippen molar-refractivity contribution in [2.45, 2.75) is 11.9 Å². The Kier molecular flexibility index (Phi) is 6.32. The van der Waals surface area contributed by atoms with Gasteiger partial charge in [0, 0.05) is 17.3 Å². The van der Waals surface area contributed by atoms with Crippen LogP contribution in [0.5, 0.6) is 5.75 Å². The molecule has 3 rings (SSSR count). The van der Waals surface area contributed by atoms with Crippen molar-refractivity contribution >= 4 is 35.1 Å². The van der Waals surface area contributed by atoms with E-state index in [4.69, 9.17) is 4.74 Å². The van der Waals surface area contributed by atoms with Crippen molar-refractivity contribution in [3.8, 4) is 5.75 Å². The minimum Gasteiger partial charge on any atom is -0.489 e. The summed E-state index contributed by atoms with van der Waals surface area (Å²) in [5.74, 6) is 3.85. The Morgan fingerprint density at radius 2 is 1.88 bits per heavy atom. The Labute approximate surface area is 150 Å². The first kappa shape index (κ1) is 17.0. The van der Waals surface area contributed by atoms with Gasteiger partial charge < -0.3 is 4.74 Å². The molecule has 0 radical (unpaired) electrons. The van der Waals surface area contributed by atoms with Gasteiger partial charge in [-0.25, -0.2) is 0 Å². The highest BCUT2D eigenvalue weighted by atomic mass is 32.2. The van der Waals surface area contributed by atoms with E-state index in [1.165, 1.54) is 5.56 Å². The van der Waals surface area contributed by atoms with Crippen LogP contribution in [0.4, 0.5) is 5.69 Å². The number of azo groups is 1. The predicted molar refractivity (Wildman–Crippen MR) is 100 cm³/mol. The zero-order valence-electron chi connectivity index (χ0n) is 13.1. The van der Waals surface area contributed by atoms with Gasteiger partial charge in [0.05, 0.1) is 11.4 Å². The van der Waals surface area contributed by atoms with E-state index >= 15 is 0 Å². The molecule has 124 valence electrons. The zero-order chi connectivity index (χ0) is 16.6. The number of ether oxygens (including phenoxy) is 1. The van der Waals surface area contributed by atoms with Gasteiger partial charge in [-0.3, -0.25) is 4.79 Å². The molecule has 0 N–H and O–H groups in total. The standard InChI is InChI=1S/C18H18N2O2S2/c21-18(13-23-10-14-4-2-1-3-5-14)20-19-15-6-8-16(9-7-15)22-17-11-24-12-17/h1-9,17H,10-13H2. The SMILES string of the molecule is O=C(CSCc1ccccc1)N=Nc1ccc(OC2CSC2)cc1. The van der Waals surface area contributed by atoms with E-state index in [0.717, 1.165) is 23.0 Å². The summed E-state index contributed by atoms with van der Waals surface area (Å²) in [6, 6.07) is 17.4. The molecule has 24 heavy (non-hydrogen) atoms. The van der Waals surface area contributed by atoms with E-state index in [-0.39, 0.29) is 5.91 Å². The number of carbonyl (C=O) groups is 1. The van der Waals surface area contributed by atoms with Crippen LogP contribution in [0.25, 0.3) is 0 Å². The normalized spacial score (nSPS) is 14.5. The van der Waals surface area contributed by atoms with Gasteiger partial charge in [0.1, 0.15) is 11.9 Å². The topological polar surface area (TPSA) is 51.0 Å². The van der Waals surface area contributed by atoms with Gasteiger partial charge in [0.25, 0.3) is 5.91 Å².